The van der Waals surface area contributed by atoms with Crippen molar-refractivity contribution in [1.82, 2.24) is 15.5 Å². The summed E-state index contributed by atoms with van der Waals surface area (Å²) in [4.78, 5) is 14.5. The molecule has 0 aliphatic carbocycles. The van der Waals surface area contributed by atoms with Gasteiger partial charge in [0.1, 0.15) is 0 Å². The molecule has 0 bridgehead atoms. The number of nitrogens with zero attached hydrogens (tertiary/aromatic N) is 1. The van der Waals surface area contributed by atoms with Crippen LogP contribution in [0.1, 0.15) is 33.6 Å². The Kier molecular flexibility index (Phi) is 4.05. The van der Waals surface area contributed by atoms with Gasteiger partial charge >= 0.3 is 0 Å². The normalized spacial score (nSPS) is 39.1. The first-order valence-electron chi connectivity index (χ1n) is 6.85. The summed E-state index contributed by atoms with van der Waals surface area (Å²) in [5.41, 5.74) is 0. The Labute approximate surface area is 104 Å². The molecular weight excluding hydrogens is 214 g/mol. The molecule has 0 aromatic carbocycles. The molecule has 2 heterocycles. The zero-order chi connectivity index (χ0) is 12.4. The smallest absolute Gasteiger partial charge is 0.241 e. The second-order valence-corrected chi connectivity index (χ2v) is 5.78. The fourth-order valence-electron chi connectivity index (χ4n) is 2.89. The monoisotopic (exact) mass is 239 g/mol. The first-order valence-corrected chi connectivity index (χ1v) is 6.85. The zero-order valence-corrected chi connectivity index (χ0v) is 11.2. The molecule has 2 fully saturated rings. The topological polar surface area (TPSA) is 44.4 Å². The highest BCUT2D eigenvalue weighted by Gasteiger charge is 2.32. The molecule has 4 unspecified atom stereocenters. The lowest BCUT2D eigenvalue weighted by atomic mass is 9.92. The minimum absolute atomic E-state index is 0.0259. The molecule has 0 radical (unpaired) electrons. The van der Waals surface area contributed by atoms with Crippen LogP contribution in [0.3, 0.4) is 0 Å². The fraction of sp³-hybridized carbons (Fsp3) is 0.923. The van der Waals surface area contributed by atoms with Crippen LogP contribution in [-0.2, 0) is 4.79 Å². The highest BCUT2D eigenvalue weighted by atomic mass is 16.2. The molecule has 4 nitrogen and oxygen atoms in total. The summed E-state index contributed by atoms with van der Waals surface area (Å²) in [5, 5.41) is 6.71. The summed E-state index contributed by atoms with van der Waals surface area (Å²) in [6, 6.07) is 0.840. The van der Waals surface area contributed by atoms with Gasteiger partial charge in [0.15, 0.2) is 0 Å². The van der Waals surface area contributed by atoms with Gasteiger partial charge in [0.2, 0.25) is 5.91 Å². The maximum atomic E-state index is 12.4. The first kappa shape index (κ1) is 12.8. The molecule has 2 saturated heterocycles. The Morgan fingerprint density at radius 2 is 1.94 bits per heavy atom. The van der Waals surface area contributed by atoms with Crippen molar-refractivity contribution in [2.24, 2.45) is 5.92 Å². The predicted molar refractivity (Wildman–Crippen MR) is 68.8 cm³/mol. The highest BCUT2D eigenvalue weighted by Crippen LogP contribution is 2.22. The SMILES string of the molecule is CC1CCN(C(=O)C2CNC(C)CN2)C(C)C1. The molecule has 0 aromatic rings. The molecule has 0 aromatic heterocycles. The van der Waals surface area contributed by atoms with Gasteiger partial charge in [-0.1, -0.05) is 6.92 Å². The van der Waals surface area contributed by atoms with Crippen molar-refractivity contribution in [2.45, 2.75) is 51.7 Å². The lowest BCUT2D eigenvalue weighted by Gasteiger charge is -2.40. The maximum absolute atomic E-state index is 12.4. The number of piperidine rings is 1. The second-order valence-electron chi connectivity index (χ2n) is 5.78. The van der Waals surface area contributed by atoms with Gasteiger partial charge in [0.25, 0.3) is 0 Å². The lowest BCUT2D eigenvalue weighted by Crippen LogP contribution is -2.61. The number of carbonyl (C=O) groups is 1. The summed E-state index contributed by atoms with van der Waals surface area (Å²) in [6.45, 7) is 9.16. The fourth-order valence-corrected chi connectivity index (χ4v) is 2.89. The van der Waals surface area contributed by atoms with Crippen LogP contribution < -0.4 is 10.6 Å². The van der Waals surface area contributed by atoms with E-state index in [1.807, 2.05) is 0 Å². The number of rotatable bonds is 1. The Balaban J connectivity index is 1.91. The number of amides is 1. The van der Waals surface area contributed by atoms with Crippen LogP contribution in [0.2, 0.25) is 0 Å². The van der Waals surface area contributed by atoms with E-state index in [1.165, 1.54) is 0 Å². The van der Waals surface area contributed by atoms with Crippen LogP contribution in [0.25, 0.3) is 0 Å². The average molecular weight is 239 g/mol. The third-order valence-corrected chi connectivity index (χ3v) is 4.06. The summed E-state index contributed by atoms with van der Waals surface area (Å²) in [5.74, 6) is 1.04. The molecule has 2 aliphatic heterocycles. The number of piperazine rings is 1. The molecule has 0 saturated carbocycles. The van der Waals surface area contributed by atoms with Gasteiger partial charge in [-0.15, -0.1) is 0 Å². The summed E-state index contributed by atoms with van der Waals surface area (Å²) in [7, 11) is 0. The Hall–Kier alpha value is -0.610. The molecule has 2 N–H and O–H groups in total. The largest absolute Gasteiger partial charge is 0.339 e. The van der Waals surface area contributed by atoms with Crippen LogP contribution in [0.15, 0.2) is 0 Å². The van der Waals surface area contributed by atoms with E-state index in [-0.39, 0.29) is 11.9 Å². The van der Waals surface area contributed by atoms with Crippen LogP contribution in [0, 0.1) is 5.92 Å². The summed E-state index contributed by atoms with van der Waals surface area (Å²) in [6.07, 6.45) is 2.29. The number of hydrogen-bond acceptors (Lipinski definition) is 3. The van der Waals surface area contributed by atoms with E-state index in [0.717, 1.165) is 38.4 Å². The molecule has 1 amide bonds. The van der Waals surface area contributed by atoms with Gasteiger partial charge in [-0.25, -0.2) is 0 Å². The van der Waals surface area contributed by atoms with Crippen molar-refractivity contribution in [3.8, 4) is 0 Å². The number of nitrogens with one attached hydrogen (secondary N) is 2. The number of likely N-dealkylation sites (tertiary alicyclic amines) is 1. The van der Waals surface area contributed by atoms with E-state index in [9.17, 15) is 4.79 Å². The third kappa shape index (κ3) is 2.99. The van der Waals surface area contributed by atoms with Crippen molar-refractivity contribution in [3.63, 3.8) is 0 Å². The van der Waals surface area contributed by atoms with Crippen LogP contribution in [0.4, 0.5) is 0 Å². The van der Waals surface area contributed by atoms with E-state index in [4.69, 9.17) is 0 Å². The molecule has 2 aliphatic rings. The van der Waals surface area contributed by atoms with E-state index >= 15 is 0 Å². The molecule has 17 heavy (non-hydrogen) atoms. The Morgan fingerprint density at radius 1 is 1.18 bits per heavy atom. The van der Waals surface area contributed by atoms with E-state index in [1.54, 1.807) is 0 Å². The minimum atomic E-state index is -0.0259. The van der Waals surface area contributed by atoms with E-state index < -0.39 is 0 Å². The highest BCUT2D eigenvalue weighted by molar-refractivity contribution is 5.82. The summed E-state index contributed by atoms with van der Waals surface area (Å²) >= 11 is 0. The molecule has 2 rings (SSSR count). The lowest BCUT2D eigenvalue weighted by molar-refractivity contribution is -0.137. The van der Waals surface area contributed by atoms with Gasteiger partial charge in [-0.2, -0.15) is 0 Å². The third-order valence-electron chi connectivity index (χ3n) is 4.06. The standard InChI is InChI=1S/C13H25N3O/c1-9-4-5-16(11(3)6-9)13(17)12-8-14-10(2)7-15-12/h9-12,14-15H,4-8H2,1-3H3. The average Bonchev–Trinajstić information content (AvgIpc) is 2.29. The molecular formula is C13H25N3O. The van der Waals surface area contributed by atoms with Crippen molar-refractivity contribution in [3.05, 3.63) is 0 Å². The molecule has 4 heteroatoms. The van der Waals surface area contributed by atoms with Crippen LogP contribution >= 0.6 is 0 Å². The molecule has 98 valence electrons. The van der Waals surface area contributed by atoms with Crippen LogP contribution in [0.5, 0.6) is 0 Å². The van der Waals surface area contributed by atoms with Crippen LogP contribution in [-0.4, -0.2) is 48.6 Å². The van der Waals surface area contributed by atoms with E-state index in [2.05, 4.69) is 36.3 Å². The quantitative estimate of drug-likeness (QED) is 0.704. The summed E-state index contributed by atoms with van der Waals surface area (Å²) < 4.78 is 0. The van der Waals surface area contributed by atoms with Crippen molar-refractivity contribution in [1.29, 1.82) is 0 Å². The van der Waals surface area contributed by atoms with Gasteiger partial charge in [-0.3, -0.25) is 4.79 Å². The Bertz CT molecular complexity index is 274. The Morgan fingerprint density at radius 3 is 2.53 bits per heavy atom. The van der Waals surface area contributed by atoms with Gasteiger partial charge in [-0.05, 0) is 32.6 Å². The number of carbonyl (C=O) groups excluding carboxylic acids is 1. The van der Waals surface area contributed by atoms with Gasteiger partial charge < -0.3 is 15.5 Å². The molecule has 0 spiro atoms. The maximum Gasteiger partial charge on any atom is 0.241 e. The van der Waals surface area contributed by atoms with E-state index in [0.29, 0.717) is 12.1 Å². The number of hydrogen-bond donors (Lipinski definition) is 2. The van der Waals surface area contributed by atoms with Crippen molar-refractivity contribution in [2.75, 3.05) is 19.6 Å². The molecule has 4 atom stereocenters. The minimum Gasteiger partial charge on any atom is -0.339 e. The van der Waals surface area contributed by atoms with Crippen molar-refractivity contribution < 1.29 is 4.79 Å². The zero-order valence-electron chi connectivity index (χ0n) is 11.2. The predicted octanol–water partition coefficient (Wildman–Crippen LogP) is 0.583. The van der Waals surface area contributed by atoms with Gasteiger partial charge in [0.05, 0.1) is 6.04 Å². The van der Waals surface area contributed by atoms with Crippen molar-refractivity contribution >= 4 is 5.91 Å². The van der Waals surface area contributed by atoms with Gasteiger partial charge in [0, 0.05) is 31.7 Å². The second kappa shape index (κ2) is 5.36. The first-order chi connectivity index (χ1) is 8.08.